The van der Waals surface area contributed by atoms with Crippen LogP contribution in [0.2, 0.25) is 0 Å². The molecule has 1 atom stereocenters. The van der Waals surface area contributed by atoms with Crippen LogP contribution < -0.4 is 10.2 Å². The molecular formula is C27H31IN3O4S+. The molecule has 0 aliphatic carbocycles. The molecule has 190 valence electrons. The van der Waals surface area contributed by atoms with Crippen molar-refractivity contribution in [3.05, 3.63) is 77.5 Å². The van der Waals surface area contributed by atoms with Gasteiger partial charge in [-0.1, -0.05) is 60.7 Å². The zero-order valence-electron chi connectivity index (χ0n) is 21.0. The van der Waals surface area contributed by atoms with E-state index in [0.29, 0.717) is 4.43 Å². The molecule has 9 heteroatoms. The van der Waals surface area contributed by atoms with Crippen molar-refractivity contribution < 1.29 is 22.3 Å². The number of rotatable bonds is 7. The highest BCUT2D eigenvalue weighted by Gasteiger charge is 2.43. The number of halogens is 1. The molecule has 0 bridgehead atoms. The Kier molecular flexibility index (Phi) is 7.57. The Morgan fingerprint density at radius 1 is 1.17 bits per heavy atom. The minimum Gasteiger partial charge on any atom is -0.325 e. The van der Waals surface area contributed by atoms with Crippen molar-refractivity contribution in [1.29, 1.82) is 0 Å². The summed E-state index contributed by atoms with van der Waals surface area (Å²) in [5.41, 5.74) is 6.68. The van der Waals surface area contributed by atoms with E-state index in [1.54, 1.807) is 0 Å². The molecular weight excluding hydrogens is 589 g/mol. The molecule has 2 heterocycles. The maximum atomic E-state index is 11.9. The smallest absolute Gasteiger partial charge is 0.303 e. The highest BCUT2D eigenvalue weighted by atomic mass is 127. The molecule has 2 aliphatic rings. The van der Waals surface area contributed by atoms with Gasteiger partial charge in [-0.2, -0.15) is 8.78 Å². The van der Waals surface area contributed by atoms with Crippen LogP contribution in [-0.4, -0.2) is 43.2 Å². The number of benzene rings is 2. The Labute approximate surface area is 228 Å². The van der Waals surface area contributed by atoms with E-state index in [4.69, 9.17) is 4.18 Å². The van der Waals surface area contributed by atoms with E-state index in [0.717, 1.165) is 39.6 Å². The van der Waals surface area contributed by atoms with Gasteiger partial charge in [0.1, 0.15) is 13.8 Å². The Morgan fingerprint density at radius 3 is 2.58 bits per heavy atom. The van der Waals surface area contributed by atoms with Gasteiger partial charge in [-0.05, 0) is 43.7 Å². The SMILES string of the molecule is C[N+]1=C(C=CC=C2N(COS(=O)O)c3ccccc3C2(C)C)C(C)(C)c2cc(NC(=O)CI)ccc21. The van der Waals surface area contributed by atoms with Crippen molar-refractivity contribution in [3.63, 3.8) is 0 Å². The van der Waals surface area contributed by atoms with Crippen molar-refractivity contribution >= 4 is 62.6 Å². The van der Waals surface area contributed by atoms with Gasteiger partial charge in [-0.3, -0.25) is 9.35 Å². The van der Waals surface area contributed by atoms with Crippen molar-refractivity contribution in [3.8, 4) is 0 Å². The monoisotopic (exact) mass is 620 g/mol. The predicted molar refractivity (Wildman–Crippen MR) is 154 cm³/mol. The number of nitrogens with one attached hydrogen (secondary N) is 1. The Bertz CT molecular complexity index is 1330. The second-order valence-corrected chi connectivity index (χ2v) is 11.4. The number of hydrogen-bond acceptors (Lipinski definition) is 4. The van der Waals surface area contributed by atoms with Crippen molar-refractivity contribution in [1.82, 2.24) is 0 Å². The molecule has 2 aromatic rings. The average molecular weight is 621 g/mol. The Morgan fingerprint density at radius 2 is 1.89 bits per heavy atom. The van der Waals surface area contributed by atoms with E-state index in [9.17, 15) is 13.6 Å². The summed E-state index contributed by atoms with van der Waals surface area (Å²) in [6.45, 7) is 8.61. The molecule has 0 spiro atoms. The van der Waals surface area contributed by atoms with Crippen LogP contribution in [-0.2, 0) is 31.2 Å². The highest BCUT2D eigenvalue weighted by Crippen LogP contribution is 2.47. The number of carbonyl (C=O) groups is 1. The van der Waals surface area contributed by atoms with Gasteiger partial charge >= 0.3 is 11.4 Å². The molecule has 1 amide bonds. The summed E-state index contributed by atoms with van der Waals surface area (Å²) in [5.74, 6) is -0.0193. The summed E-state index contributed by atoms with van der Waals surface area (Å²) in [7, 11) is 2.05. The van der Waals surface area contributed by atoms with Gasteiger partial charge in [0.05, 0.1) is 9.84 Å². The second-order valence-electron chi connectivity index (χ2n) is 9.93. The topological polar surface area (TPSA) is 81.9 Å². The Hall–Kier alpha value is -2.34. The molecule has 2 aromatic carbocycles. The van der Waals surface area contributed by atoms with Crippen LogP contribution in [0, 0.1) is 0 Å². The molecule has 1 unspecified atom stereocenters. The third kappa shape index (κ3) is 4.81. The van der Waals surface area contributed by atoms with Crippen LogP contribution >= 0.6 is 22.6 Å². The molecule has 36 heavy (non-hydrogen) atoms. The maximum absolute atomic E-state index is 11.9. The minimum atomic E-state index is -2.35. The van der Waals surface area contributed by atoms with Gasteiger partial charge in [0.25, 0.3) is 0 Å². The third-order valence-corrected chi connectivity index (χ3v) is 8.03. The van der Waals surface area contributed by atoms with Gasteiger partial charge in [-0.15, -0.1) is 0 Å². The van der Waals surface area contributed by atoms with Gasteiger partial charge in [-0.25, -0.2) is 4.18 Å². The Balaban J connectivity index is 1.67. The number of amides is 1. The van der Waals surface area contributed by atoms with Crippen LogP contribution in [0.15, 0.2) is 66.4 Å². The van der Waals surface area contributed by atoms with E-state index in [1.807, 2.05) is 41.3 Å². The molecule has 4 rings (SSSR count). The van der Waals surface area contributed by atoms with Crippen LogP contribution in [0.5, 0.6) is 0 Å². The summed E-state index contributed by atoms with van der Waals surface area (Å²) in [6, 6.07) is 14.1. The van der Waals surface area contributed by atoms with Crippen LogP contribution in [0.1, 0.15) is 38.8 Å². The normalized spacial score (nSPS) is 19.6. The molecule has 0 radical (unpaired) electrons. The first kappa shape index (κ1) is 26.7. The third-order valence-electron chi connectivity index (χ3n) is 7.03. The van der Waals surface area contributed by atoms with E-state index in [-0.39, 0.29) is 23.5 Å². The molecule has 0 fully saturated rings. The second kappa shape index (κ2) is 10.2. The standard InChI is InChI=1S/C27H30IN3O4S/c1-26(2)19-9-6-7-10-22(19)31(17-35-36(33)34)24(26)12-8-11-23-27(3,4)20-15-18(29-25(32)16-28)13-14-21(20)30(23)5/h6-15H,16-17H2,1-5H3,(H-,29,32,33,34)/p+1. The fourth-order valence-corrected chi connectivity index (χ4v) is 5.60. The lowest BCUT2D eigenvalue weighted by Gasteiger charge is -2.26. The van der Waals surface area contributed by atoms with E-state index < -0.39 is 11.4 Å². The van der Waals surface area contributed by atoms with Crippen molar-refractivity contribution in [2.45, 2.75) is 38.5 Å². The van der Waals surface area contributed by atoms with E-state index in [2.05, 4.69) is 91.5 Å². The van der Waals surface area contributed by atoms with Crippen LogP contribution in [0.3, 0.4) is 0 Å². The maximum Gasteiger partial charge on any atom is 0.303 e. The summed E-state index contributed by atoms with van der Waals surface area (Å²) in [6.07, 6.45) is 6.19. The fraction of sp³-hybridized carbons (Fsp3) is 0.333. The van der Waals surface area contributed by atoms with E-state index in [1.165, 1.54) is 0 Å². The molecule has 0 saturated heterocycles. The molecule has 2 N–H and O–H groups in total. The molecule has 2 aliphatic heterocycles. The van der Waals surface area contributed by atoms with Crippen LogP contribution in [0.25, 0.3) is 0 Å². The summed E-state index contributed by atoms with van der Waals surface area (Å²) >= 11 is -0.299. The average Bonchev–Trinajstić information content (AvgIpc) is 3.16. The molecule has 7 nitrogen and oxygen atoms in total. The van der Waals surface area contributed by atoms with Gasteiger partial charge in [0.15, 0.2) is 5.71 Å². The fourth-order valence-electron chi connectivity index (χ4n) is 5.22. The van der Waals surface area contributed by atoms with Crippen molar-refractivity contribution in [2.75, 3.05) is 28.4 Å². The summed E-state index contributed by atoms with van der Waals surface area (Å²) in [4.78, 5) is 13.8. The van der Waals surface area contributed by atoms with Gasteiger partial charge in [0, 0.05) is 40.2 Å². The minimum absolute atomic E-state index is 0.0193. The van der Waals surface area contributed by atoms with Gasteiger partial charge < -0.3 is 10.2 Å². The molecule has 0 aromatic heterocycles. The number of para-hydroxylation sites is 1. The number of carbonyl (C=O) groups excluding carboxylic acids is 1. The number of nitrogens with zero attached hydrogens (tertiary/aromatic N) is 2. The quantitative estimate of drug-likeness (QED) is 0.187. The van der Waals surface area contributed by atoms with E-state index >= 15 is 0 Å². The molecule has 0 saturated carbocycles. The highest BCUT2D eigenvalue weighted by molar-refractivity contribution is 14.1. The zero-order valence-corrected chi connectivity index (χ0v) is 24.0. The number of anilines is 2. The largest absolute Gasteiger partial charge is 0.325 e. The number of hydrogen-bond donors (Lipinski definition) is 2. The first-order valence-corrected chi connectivity index (χ1v) is 14.2. The zero-order chi connectivity index (χ0) is 26.3. The number of alkyl halides is 1. The number of fused-ring (bicyclic) bond motifs is 2. The van der Waals surface area contributed by atoms with Crippen LogP contribution in [0.4, 0.5) is 17.1 Å². The predicted octanol–water partition coefficient (Wildman–Crippen LogP) is 5.41. The van der Waals surface area contributed by atoms with Crippen molar-refractivity contribution in [2.24, 2.45) is 0 Å². The lowest BCUT2D eigenvalue weighted by atomic mass is 9.81. The first-order chi connectivity index (χ1) is 17.0. The lowest BCUT2D eigenvalue weighted by molar-refractivity contribution is -0.401. The number of allylic oxidation sites excluding steroid dienone is 4. The summed E-state index contributed by atoms with van der Waals surface area (Å²) < 4.78 is 28.1. The lowest BCUT2D eigenvalue weighted by Crippen LogP contribution is -2.29. The summed E-state index contributed by atoms with van der Waals surface area (Å²) in [5, 5.41) is 2.95. The van der Waals surface area contributed by atoms with Gasteiger partial charge in [0.2, 0.25) is 11.6 Å². The first-order valence-electron chi connectivity index (χ1n) is 11.6.